The van der Waals surface area contributed by atoms with Crippen LogP contribution in [0, 0.1) is 0 Å². The van der Waals surface area contributed by atoms with Gasteiger partial charge in [-0.3, -0.25) is 4.79 Å². The highest BCUT2D eigenvalue weighted by molar-refractivity contribution is 5.96. The number of nitrogens with zero attached hydrogens (tertiary/aromatic N) is 1. The molecule has 1 aromatic rings. The van der Waals surface area contributed by atoms with E-state index >= 15 is 0 Å². The van der Waals surface area contributed by atoms with Crippen molar-refractivity contribution in [1.29, 1.82) is 0 Å². The summed E-state index contributed by atoms with van der Waals surface area (Å²) >= 11 is 0. The predicted molar refractivity (Wildman–Crippen MR) is 87.7 cm³/mol. The van der Waals surface area contributed by atoms with E-state index in [1.54, 1.807) is 0 Å². The Balaban J connectivity index is 1.80. The third-order valence-electron chi connectivity index (χ3n) is 4.26. The Morgan fingerprint density at radius 2 is 1.95 bits per heavy atom. The number of likely N-dealkylation sites (tertiary alicyclic amines) is 1. The molecule has 0 aliphatic carbocycles. The number of hydrogen-bond donors (Lipinski definition) is 1. The lowest BCUT2D eigenvalue weighted by Gasteiger charge is -2.19. The second-order valence-electron chi connectivity index (χ2n) is 7.20. The molecule has 116 valence electrons. The van der Waals surface area contributed by atoms with Gasteiger partial charge in [-0.2, -0.15) is 0 Å². The predicted octanol–water partition coefficient (Wildman–Crippen LogP) is 2.98. The fourth-order valence-corrected chi connectivity index (χ4v) is 2.83. The first-order valence-corrected chi connectivity index (χ1v) is 7.98. The standard InChI is InChI=1S/C18H28N2O/c1-18(2,3)15-8-6-14(7-9-15)17(21)5-4-11-20-12-10-16(19)13-20/h6-9,16H,4-5,10-13,19H2,1-3H3/t16-/m1/s1. The van der Waals surface area contributed by atoms with Gasteiger partial charge < -0.3 is 10.6 Å². The van der Waals surface area contributed by atoms with Gasteiger partial charge in [-0.25, -0.2) is 0 Å². The summed E-state index contributed by atoms with van der Waals surface area (Å²) in [5, 5.41) is 0. The van der Waals surface area contributed by atoms with Crippen LogP contribution in [-0.2, 0) is 5.41 Å². The van der Waals surface area contributed by atoms with Crippen LogP contribution in [0.15, 0.2) is 24.3 Å². The van der Waals surface area contributed by atoms with Crippen molar-refractivity contribution in [2.24, 2.45) is 5.73 Å². The summed E-state index contributed by atoms with van der Waals surface area (Å²) in [5.74, 6) is 0.249. The largest absolute Gasteiger partial charge is 0.326 e. The molecule has 3 heteroatoms. The lowest BCUT2D eigenvalue weighted by atomic mass is 9.86. The molecule has 1 fully saturated rings. The molecule has 2 N–H and O–H groups in total. The van der Waals surface area contributed by atoms with Gasteiger partial charge in [0.25, 0.3) is 0 Å². The molecule has 0 saturated carbocycles. The normalized spacial score (nSPS) is 19.9. The van der Waals surface area contributed by atoms with Crippen molar-refractivity contribution in [1.82, 2.24) is 4.90 Å². The summed E-state index contributed by atoms with van der Waals surface area (Å²) in [6.07, 6.45) is 2.63. The van der Waals surface area contributed by atoms with E-state index in [1.165, 1.54) is 5.56 Å². The smallest absolute Gasteiger partial charge is 0.162 e. The molecular weight excluding hydrogens is 260 g/mol. The van der Waals surface area contributed by atoms with Crippen molar-refractivity contribution in [3.63, 3.8) is 0 Å². The molecule has 0 spiro atoms. The van der Waals surface area contributed by atoms with E-state index in [4.69, 9.17) is 5.73 Å². The number of Topliss-reactive ketones (excluding diaryl/α,β-unsaturated/α-hetero) is 1. The van der Waals surface area contributed by atoms with E-state index in [-0.39, 0.29) is 11.2 Å². The number of nitrogens with two attached hydrogens (primary N) is 1. The van der Waals surface area contributed by atoms with Gasteiger partial charge in [0.15, 0.2) is 5.78 Å². The first-order valence-electron chi connectivity index (χ1n) is 7.98. The lowest BCUT2D eigenvalue weighted by molar-refractivity contribution is 0.0976. The maximum absolute atomic E-state index is 12.2. The molecule has 1 aromatic carbocycles. The van der Waals surface area contributed by atoms with Crippen LogP contribution in [0.25, 0.3) is 0 Å². The van der Waals surface area contributed by atoms with Crippen molar-refractivity contribution >= 4 is 5.78 Å². The molecule has 0 unspecified atom stereocenters. The number of rotatable bonds is 5. The van der Waals surface area contributed by atoms with Crippen LogP contribution in [0.4, 0.5) is 0 Å². The Kier molecular flexibility index (Phi) is 5.17. The van der Waals surface area contributed by atoms with E-state index < -0.39 is 0 Å². The van der Waals surface area contributed by atoms with Gasteiger partial charge in [-0.1, -0.05) is 45.0 Å². The number of carbonyl (C=O) groups is 1. The van der Waals surface area contributed by atoms with E-state index in [1.807, 2.05) is 12.1 Å². The van der Waals surface area contributed by atoms with Gasteiger partial charge in [0.2, 0.25) is 0 Å². The molecule has 0 amide bonds. The van der Waals surface area contributed by atoms with Crippen LogP contribution in [0.2, 0.25) is 0 Å². The maximum atomic E-state index is 12.2. The van der Waals surface area contributed by atoms with Crippen LogP contribution in [0.5, 0.6) is 0 Å². The topological polar surface area (TPSA) is 46.3 Å². The van der Waals surface area contributed by atoms with Crippen molar-refractivity contribution in [2.45, 2.75) is 51.5 Å². The van der Waals surface area contributed by atoms with Crippen molar-refractivity contribution in [3.8, 4) is 0 Å². The Labute approximate surface area is 128 Å². The zero-order valence-corrected chi connectivity index (χ0v) is 13.6. The molecule has 1 atom stereocenters. The third-order valence-corrected chi connectivity index (χ3v) is 4.26. The van der Waals surface area contributed by atoms with Gasteiger partial charge in [0, 0.05) is 24.6 Å². The van der Waals surface area contributed by atoms with Crippen molar-refractivity contribution in [3.05, 3.63) is 35.4 Å². The molecule has 21 heavy (non-hydrogen) atoms. The number of benzene rings is 1. The third kappa shape index (κ3) is 4.65. The molecule has 1 saturated heterocycles. The summed E-state index contributed by atoms with van der Waals surface area (Å²) in [5.41, 5.74) is 8.13. The molecule has 1 heterocycles. The Bertz CT molecular complexity index is 473. The summed E-state index contributed by atoms with van der Waals surface area (Å²) in [6.45, 7) is 9.60. The van der Waals surface area contributed by atoms with Crippen LogP contribution < -0.4 is 5.73 Å². The van der Waals surface area contributed by atoms with E-state index in [0.717, 1.165) is 38.0 Å². The first-order chi connectivity index (χ1) is 9.86. The molecule has 0 aromatic heterocycles. The minimum Gasteiger partial charge on any atom is -0.326 e. The average Bonchev–Trinajstić information content (AvgIpc) is 2.83. The minimum atomic E-state index is 0.135. The van der Waals surface area contributed by atoms with Gasteiger partial charge >= 0.3 is 0 Å². The number of hydrogen-bond acceptors (Lipinski definition) is 3. The van der Waals surface area contributed by atoms with Gasteiger partial charge in [0.1, 0.15) is 0 Å². The SMILES string of the molecule is CC(C)(C)c1ccc(C(=O)CCCN2CC[C@@H](N)C2)cc1. The summed E-state index contributed by atoms with van der Waals surface area (Å²) in [4.78, 5) is 14.6. The molecule has 0 bridgehead atoms. The number of carbonyl (C=O) groups excluding carboxylic acids is 1. The maximum Gasteiger partial charge on any atom is 0.162 e. The zero-order chi connectivity index (χ0) is 15.5. The summed E-state index contributed by atoms with van der Waals surface area (Å²) in [7, 11) is 0. The van der Waals surface area contributed by atoms with Gasteiger partial charge in [0.05, 0.1) is 0 Å². The summed E-state index contributed by atoms with van der Waals surface area (Å²) < 4.78 is 0. The quantitative estimate of drug-likeness (QED) is 0.847. The Morgan fingerprint density at radius 1 is 1.29 bits per heavy atom. The fourth-order valence-electron chi connectivity index (χ4n) is 2.83. The van der Waals surface area contributed by atoms with E-state index in [9.17, 15) is 4.79 Å². The first kappa shape index (κ1) is 16.2. The minimum absolute atomic E-state index is 0.135. The molecule has 2 rings (SSSR count). The lowest BCUT2D eigenvalue weighted by Crippen LogP contribution is -2.27. The van der Waals surface area contributed by atoms with Gasteiger partial charge in [-0.15, -0.1) is 0 Å². The Morgan fingerprint density at radius 3 is 2.48 bits per heavy atom. The zero-order valence-electron chi connectivity index (χ0n) is 13.6. The fraction of sp³-hybridized carbons (Fsp3) is 0.611. The van der Waals surface area contributed by atoms with Crippen LogP contribution >= 0.6 is 0 Å². The monoisotopic (exact) mass is 288 g/mol. The second-order valence-corrected chi connectivity index (χ2v) is 7.20. The highest BCUT2D eigenvalue weighted by Crippen LogP contribution is 2.22. The van der Waals surface area contributed by atoms with E-state index in [0.29, 0.717) is 12.5 Å². The van der Waals surface area contributed by atoms with Crippen LogP contribution in [-0.4, -0.2) is 36.4 Å². The van der Waals surface area contributed by atoms with Crippen LogP contribution in [0.3, 0.4) is 0 Å². The second kappa shape index (κ2) is 6.71. The van der Waals surface area contributed by atoms with Crippen molar-refractivity contribution in [2.75, 3.05) is 19.6 Å². The highest BCUT2D eigenvalue weighted by Gasteiger charge is 2.19. The van der Waals surface area contributed by atoms with Crippen molar-refractivity contribution < 1.29 is 4.79 Å². The molecule has 0 radical (unpaired) electrons. The van der Waals surface area contributed by atoms with Crippen LogP contribution in [0.1, 0.15) is 56.0 Å². The highest BCUT2D eigenvalue weighted by atomic mass is 16.1. The average molecular weight is 288 g/mol. The summed E-state index contributed by atoms with van der Waals surface area (Å²) in [6, 6.07) is 8.41. The molecule has 1 aliphatic rings. The number of ketones is 1. The molecule has 1 aliphatic heterocycles. The van der Waals surface area contributed by atoms with E-state index in [2.05, 4.69) is 37.8 Å². The van der Waals surface area contributed by atoms with Gasteiger partial charge in [-0.05, 0) is 36.9 Å². The Hall–Kier alpha value is -1.19. The molecule has 3 nitrogen and oxygen atoms in total. The molecular formula is C18H28N2O.